The van der Waals surface area contributed by atoms with E-state index in [-0.39, 0.29) is 6.04 Å². The highest BCUT2D eigenvalue weighted by atomic mass is 32.2. The lowest BCUT2D eigenvalue weighted by Crippen LogP contribution is -2.39. The third-order valence-electron chi connectivity index (χ3n) is 2.97. The molecule has 1 aliphatic heterocycles. The van der Waals surface area contributed by atoms with Gasteiger partial charge in [0.25, 0.3) is 10.2 Å². The zero-order valence-electron chi connectivity index (χ0n) is 10.6. The average Bonchev–Trinajstić information content (AvgIpc) is 2.79. The van der Waals surface area contributed by atoms with Gasteiger partial charge in [-0.2, -0.15) is 17.0 Å². The summed E-state index contributed by atoms with van der Waals surface area (Å²) in [4.78, 5) is 4.02. The van der Waals surface area contributed by atoms with Crippen molar-refractivity contribution in [2.75, 3.05) is 32.5 Å². The standard InChI is InChI=1S/C11H18N4O2S/c1-14(2)18(16,17)15-7-5-11(9-15)13-10-4-3-6-12-8-10/h3-4,6,8,11,13H,5,7,9H2,1-2H3. The maximum atomic E-state index is 11.9. The first-order valence-corrected chi connectivity index (χ1v) is 7.24. The highest BCUT2D eigenvalue weighted by molar-refractivity contribution is 7.86. The van der Waals surface area contributed by atoms with Crippen molar-refractivity contribution in [3.8, 4) is 0 Å². The van der Waals surface area contributed by atoms with Crippen molar-refractivity contribution in [1.82, 2.24) is 13.6 Å². The summed E-state index contributed by atoms with van der Waals surface area (Å²) in [6.07, 6.45) is 4.26. The third-order valence-corrected chi connectivity index (χ3v) is 4.88. The van der Waals surface area contributed by atoms with Crippen LogP contribution in [0.3, 0.4) is 0 Å². The van der Waals surface area contributed by atoms with Gasteiger partial charge >= 0.3 is 0 Å². The normalized spacial score (nSPS) is 21.4. The van der Waals surface area contributed by atoms with Crippen LogP contribution in [-0.4, -0.2) is 55.2 Å². The van der Waals surface area contributed by atoms with E-state index in [4.69, 9.17) is 0 Å². The Balaban J connectivity index is 1.97. The van der Waals surface area contributed by atoms with Crippen molar-refractivity contribution < 1.29 is 8.42 Å². The number of pyridine rings is 1. The number of hydrogen-bond acceptors (Lipinski definition) is 4. The Morgan fingerprint density at radius 2 is 2.28 bits per heavy atom. The zero-order chi connectivity index (χ0) is 13.2. The zero-order valence-corrected chi connectivity index (χ0v) is 11.4. The van der Waals surface area contributed by atoms with Gasteiger partial charge in [-0.1, -0.05) is 0 Å². The molecular weight excluding hydrogens is 252 g/mol. The predicted octanol–water partition coefficient (Wildman–Crippen LogP) is 0.374. The third kappa shape index (κ3) is 2.80. The molecule has 0 aliphatic carbocycles. The highest BCUT2D eigenvalue weighted by Gasteiger charge is 2.32. The van der Waals surface area contributed by atoms with E-state index in [0.717, 1.165) is 12.1 Å². The van der Waals surface area contributed by atoms with Crippen LogP contribution >= 0.6 is 0 Å². The van der Waals surface area contributed by atoms with Crippen LogP contribution in [0.15, 0.2) is 24.5 Å². The van der Waals surface area contributed by atoms with Crippen LogP contribution in [0, 0.1) is 0 Å². The van der Waals surface area contributed by atoms with Crippen molar-refractivity contribution in [2.24, 2.45) is 0 Å². The first-order chi connectivity index (χ1) is 8.50. The second-order valence-corrected chi connectivity index (χ2v) is 6.66. The fourth-order valence-corrected chi connectivity index (χ4v) is 3.14. The Morgan fingerprint density at radius 3 is 2.89 bits per heavy atom. The van der Waals surface area contributed by atoms with Crippen LogP contribution in [0.2, 0.25) is 0 Å². The van der Waals surface area contributed by atoms with E-state index in [1.807, 2.05) is 12.1 Å². The molecule has 18 heavy (non-hydrogen) atoms. The molecule has 0 spiro atoms. The summed E-state index contributed by atoms with van der Waals surface area (Å²) in [6.45, 7) is 1.05. The number of nitrogens with one attached hydrogen (secondary N) is 1. The van der Waals surface area contributed by atoms with E-state index in [0.29, 0.717) is 13.1 Å². The molecule has 1 fully saturated rings. The molecule has 100 valence electrons. The molecular formula is C11H18N4O2S. The van der Waals surface area contributed by atoms with E-state index < -0.39 is 10.2 Å². The van der Waals surface area contributed by atoms with E-state index in [1.54, 1.807) is 26.5 Å². The number of nitrogens with zero attached hydrogens (tertiary/aromatic N) is 3. The Bertz CT molecular complexity index is 489. The molecule has 7 heteroatoms. The Labute approximate surface area is 108 Å². The Morgan fingerprint density at radius 1 is 1.50 bits per heavy atom. The summed E-state index contributed by atoms with van der Waals surface area (Å²) in [6, 6.07) is 3.92. The highest BCUT2D eigenvalue weighted by Crippen LogP contribution is 2.18. The molecule has 1 unspecified atom stereocenters. The molecule has 2 rings (SSSR count). The van der Waals surface area contributed by atoms with Gasteiger partial charge in [0.05, 0.1) is 5.69 Å². The summed E-state index contributed by atoms with van der Waals surface area (Å²) >= 11 is 0. The maximum absolute atomic E-state index is 11.9. The molecule has 0 aromatic carbocycles. The van der Waals surface area contributed by atoms with Crippen LogP contribution in [-0.2, 0) is 10.2 Å². The maximum Gasteiger partial charge on any atom is 0.281 e. The minimum absolute atomic E-state index is 0.143. The first-order valence-electron chi connectivity index (χ1n) is 5.84. The molecule has 0 radical (unpaired) electrons. The van der Waals surface area contributed by atoms with Gasteiger partial charge in [0.1, 0.15) is 0 Å². The van der Waals surface area contributed by atoms with Gasteiger partial charge in [-0.3, -0.25) is 4.98 Å². The lowest BCUT2D eigenvalue weighted by molar-refractivity contribution is 0.420. The van der Waals surface area contributed by atoms with E-state index in [2.05, 4.69) is 10.3 Å². The van der Waals surface area contributed by atoms with Crippen LogP contribution in [0.4, 0.5) is 5.69 Å². The Hall–Kier alpha value is -1.18. The monoisotopic (exact) mass is 270 g/mol. The van der Waals surface area contributed by atoms with Crippen molar-refractivity contribution in [2.45, 2.75) is 12.5 Å². The molecule has 1 atom stereocenters. The summed E-state index contributed by atoms with van der Waals surface area (Å²) in [5.74, 6) is 0. The van der Waals surface area contributed by atoms with Crippen LogP contribution in [0.1, 0.15) is 6.42 Å². The number of aromatic nitrogens is 1. The minimum atomic E-state index is -3.29. The van der Waals surface area contributed by atoms with Gasteiger partial charge in [0, 0.05) is 45.6 Å². The molecule has 2 heterocycles. The fourth-order valence-electron chi connectivity index (χ4n) is 1.97. The van der Waals surface area contributed by atoms with E-state index >= 15 is 0 Å². The number of hydrogen-bond donors (Lipinski definition) is 1. The second kappa shape index (κ2) is 5.21. The average molecular weight is 270 g/mol. The topological polar surface area (TPSA) is 65.5 Å². The molecule has 1 saturated heterocycles. The number of rotatable bonds is 4. The molecule has 1 N–H and O–H groups in total. The molecule has 0 saturated carbocycles. The van der Waals surface area contributed by atoms with Crippen molar-refractivity contribution in [3.05, 3.63) is 24.5 Å². The molecule has 6 nitrogen and oxygen atoms in total. The SMILES string of the molecule is CN(C)S(=O)(=O)N1CCC(Nc2cccnc2)C1. The van der Waals surface area contributed by atoms with Crippen LogP contribution < -0.4 is 5.32 Å². The van der Waals surface area contributed by atoms with Crippen molar-refractivity contribution in [3.63, 3.8) is 0 Å². The Kier molecular flexibility index (Phi) is 3.84. The van der Waals surface area contributed by atoms with Gasteiger partial charge in [-0.05, 0) is 18.6 Å². The van der Waals surface area contributed by atoms with Crippen molar-refractivity contribution >= 4 is 15.9 Å². The van der Waals surface area contributed by atoms with Gasteiger partial charge in [0.15, 0.2) is 0 Å². The van der Waals surface area contributed by atoms with Gasteiger partial charge < -0.3 is 5.32 Å². The molecule has 1 aromatic heterocycles. The molecule has 1 aromatic rings. The number of anilines is 1. The molecule has 0 bridgehead atoms. The summed E-state index contributed by atoms with van der Waals surface area (Å²) < 4.78 is 26.6. The molecule has 1 aliphatic rings. The second-order valence-electron chi connectivity index (χ2n) is 4.52. The van der Waals surface area contributed by atoms with Crippen molar-refractivity contribution in [1.29, 1.82) is 0 Å². The van der Waals surface area contributed by atoms with Crippen LogP contribution in [0.25, 0.3) is 0 Å². The molecule has 0 amide bonds. The summed E-state index contributed by atoms with van der Waals surface area (Å²) in [5.41, 5.74) is 0.923. The minimum Gasteiger partial charge on any atom is -0.380 e. The lowest BCUT2D eigenvalue weighted by atomic mass is 10.2. The fraction of sp³-hybridized carbons (Fsp3) is 0.545. The van der Waals surface area contributed by atoms with Gasteiger partial charge in [-0.15, -0.1) is 0 Å². The van der Waals surface area contributed by atoms with Gasteiger partial charge in [-0.25, -0.2) is 0 Å². The van der Waals surface area contributed by atoms with Gasteiger partial charge in [0.2, 0.25) is 0 Å². The smallest absolute Gasteiger partial charge is 0.281 e. The summed E-state index contributed by atoms with van der Waals surface area (Å²) in [7, 11) is -0.185. The quantitative estimate of drug-likeness (QED) is 0.858. The van der Waals surface area contributed by atoms with E-state index in [1.165, 1.54) is 8.61 Å². The predicted molar refractivity (Wildman–Crippen MR) is 70.4 cm³/mol. The van der Waals surface area contributed by atoms with Crippen LogP contribution in [0.5, 0.6) is 0 Å². The van der Waals surface area contributed by atoms with E-state index in [9.17, 15) is 8.42 Å². The lowest BCUT2D eigenvalue weighted by Gasteiger charge is -2.21. The first kappa shape index (κ1) is 13.3. The largest absolute Gasteiger partial charge is 0.380 e. The summed E-state index contributed by atoms with van der Waals surface area (Å²) in [5, 5.41) is 3.29.